The average molecular weight is 224 g/mol. The van der Waals surface area contributed by atoms with Gasteiger partial charge in [0, 0.05) is 0 Å². The third kappa shape index (κ3) is 3.11. The first kappa shape index (κ1) is 15.6. The first-order valence-corrected chi connectivity index (χ1v) is 2.03. The molecular formula is C3F7KO. The molecule has 0 spiro atoms. The Bertz CT molecular complexity index is 130. The molecule has 0 aromatic rings. The zero-order chi connectivity index (χ0) is 9.50. The summed E-state index contributed by atoms with van der Waals surface area (Å²) in [5.74, 6) is -6.38. The van der Waals surface area contributed by atoms with E-state index in [0.29, 0.717) is 0 Å². The Kier molecular flexibility index (Phi) is 5.31. The van der Waals surface area contributed by atoms with E-state index in [0.717, 1.165) is 0 Å². The first-order chi connectivity index (χ1) is 4.50. The molecule has 0 radical (unpaired) electrons. The van der Waals surface area contributed by atoms with Gasteiger partial charge in [-0.05, 0) is 0 Å². The summed E-state index contributed by atoms with van der Waals surface area (Å²) in [6, 6.07) is 0. The van der Waals surface area contributed by atoms with Crippen LogP contribution in [0.15, 0.2) is 0 Å². The van der Waals surface area contributed by atoms with Crippen LogP contribution in [0.1, 0.15) is 0 Å². The predicted molar refractivity (Wildman–Crippen MR) is 15.9 cm³/mol. The Hall–Kier alpha value is 1.11. The van der Waals surface area contributed by atoms with Crippen molar-refractivity contribution in [1.29, 1.82) is 0 Å². The fourth-order valence-electron chi connectivity index (χ4n) is 0.161. The molecule has 0 aliphatic rings. The molecule has 9 heteroatoms. The Morgan fingerprint density at radius 3 is 0.833 bits per heavy atom. The second-order valence-corrected chi connectivity index (χ2v) is 1.59. The van der Waals surface area contributed by atoms with E-state index >= 15 is 0 Å². The number of hydrogen-bond acceptors (Lipinski definition) is 1. The second kappa shape index (κ2) is 4.09. The van der Waals surface area contributed by atoms with E-state index in [1.165, 1.54) is 0 Å². The predicted octanol–water partition coefficient (Wildman–Crippen LogP) is -1.86. The molecule has 0 amide bonds. The van der Waals surface area contributed by atoms with Crippen molar-refractivity contribution in [2.24, 2.45) is 0 Å². The van der Waals surface area contributed by atoms with E-state index in [9.17, 15) is 35.8 Å². The molecule has 0 aliphatic carbocycles. The molecule has 0 N–H and O–H groups in total. The zero-order valence-electron chi connectivity index (χ0n) is 5.55. The summed E-state index contributed by atoms with van der Waals surface area (Å²) < 4.78 is 76.8. The van der Waals surface area contributed by atoms with Crippen LogP contribution in [-0.2, 0) is 0 Å². The summed E-state index contributed by atoms with van der Waals surface area (Å²) in [4.78, 5) is 0. The van der Waals surface area contributed by atoms with Gasteiger partial charge < -0.3 is 5.11 Å². The van der Waals surface area contributed by atoms with Gasteiger partial charge >= 0.3 is 63.7 Å². The quantitative estimate of drug-likeness (QED) is 0.349. The summed E-state index contributed by atoms with van der Waals surface area (Å²) in [6.07, 6.45) is -12.9. The smallest absolute Gasteiger partial charge is 0.811 e. The molecule has 0 heterocycles. The van der Waals surface area contributed by atoms with Crippen LogP contribution >= 0.6 is 0 Å². The molecule has 68 valence electrons. The van der Waals surface area contributed by atoms with Crippen molar-refractivity contribution < 1.29 is 87.2 Å². The van der Waals surface area contributed by atoms with Crippen LogP contribution in [0.5, 0.6) is 0 Å². The van der Waals surface area contributed by atoms with Gasteiger partial charge in [0.1, 0.15) is 0 Å². The Labute approximate surface area is 104 Å². The fourth-order valence-corrected chi connectivity index (χ4v) is 0.161. The van der Waals surface area contributed by atoms with Gasteiger partial charge in [-0.3, -0.25) is 0 Å². The molecule has 0 unspecified atom stereocenters. The minimum Gasteiger partial charge on any atom is -0.811 e. The van der Waals surface area contributed by atoms with Crippen molar-refractivity contribution in [1.82, 2.24) is 0 Å². The van der Waals surface area contributed by atoms with Crippen LogP contribution in [0.2, 0.25) is 0 Å². The summed E-state index contributed by atoms with van der Waals surface area (Å²) in [6.45, 7) is 0. The van der Waals surface area contributed by atoms with Gasteiger partial charge in [-0.1, -0.05) is 0 Å². The first-order valence-electron chi connectivity index (χ1n) is 2.03. The zero-order valence-corrected chi connectivity index (χ0v) is 8.68. The normalized spacial score (nSPS) is 14.0. The van der Waals surface area contributed by atoms with Gasteiger partial charge in [-0.2, -0.15) is 26.3 Å². The minimum absolute atomic E-state index is 0. The standard InChI is InChI=1S/C3F7O.K/c4-1(11,2(5,6)7)3(8,9)10;/q-1;+1. The van der Waals surface area contributed by atoms with E-state index < -0.39 is 18.2 Å². The maximum absolute atomic E-state index is 11.3. The van der Waals surface area contributed by atoms with Gasteiger partial charge in [0.15, 0.2) is 0 Å². The van der Waals surface area contributed by atoms with Crippen LogP contribution in [-0.4, -0.2) is 18.2 Å². The SMILES string of the molecule is [K+].[O-]C(F)(C(F)(F)F)C(F)(F)F. The van der Waals surface area contributed by atoms with Crippen LogP contribution in [0.3, 0.4) is 0 Å². The largest absolute Gasteiger partial charge is 1.00 e. The van der Waals surface area contributed by atoms with E-state index in [1.54, 1.807) is 0 Å². The van der Waals surface area contributed by atoms with Crippen molar-refractivity contribution in [3.8, 4) is 0 Å². The molecule has 1 nitrogen and oxygen atoms in total. The molecule has 0 bridgehead atoms. The Morgan fingerprint density at radius 2 is 0.833 bits per heavy atom. The molecular weight excluding hydrogens is 224 g/mol. The third-order valence-corrected chi connectivity index (χ3v) is 0.729. The van der Waals surface area contributed by atoms with Gasteiger partial charge in [0.2, 0.25) is 5.85 Å². The Balaban J connectivity index is 0. The number of halogens is 7. The van der Waals surface area contributed by atoms with Crippen molar-refractivity contribution in [3.05, 3.63) is 0 Å². The molecule has 0 aromatic heterocycles. The monoisotopic (exact) mass is 224 g/mol. The fraction of sp³-hybridized carbons (Fsp3) is 1.00. The van der Waals surface area contributed by atoms with E-state index in [2.05, 4.69) is 0 Å². The van der Waals surface area contributed by atoms with Gasteiger partial charge in [-0.15, -0.1) is 0 Å². The molecule has 0 aromatic carbocycles. The molecule has 0 atom stereocenters. The summed E-state index contributed by atoms with van der Waals surface area (Å²) in [5, 5.41) is 9.23. The van der Waals surface area contributed by atoms with Gasteiger partial charge in [0.05, 0.1) is 0 Å². The minimum atomic E-state index is -6.47. The van der Waals surface area contributed by atoms with Crippen LogP contribution < -0.4 is 56.5 Å². The summed E-state index contributed by atoms with van der Waals surface area (Å²) in [7, 11) is 0. The van der Waals surface area contributed by atoms with E-state index in [4.69, 9.17) is 0 Å². The number of hydrogen-bond donors (Lipinski definition) is 0. The maximum atomic E-state index is 11.3. The van der Waals surface area contributed by atoms with Crippen molar-refractivity contribution in [2.75, 3.05) is 0 Å². The maximum Gasteiger partial charge on any atom is 1.00 e. The molecule has 0 saturated heterocycles. The van der Waals surface area contributed by atoms with Gasteiger partial charge in [0.25, 0.3) is 0 Å². The number of alkyl halides is 7. The van der Waals surface area contributed by atoms with Crippen LogP contribution in [0.4, 0.5) is 30.7 Å². The van der Waals surface area contributed by atoms with Crippen molar-refractivity contribution in [3.63, 3.8) is 0 Å². The van der Waals surface area contributed by atoms with Crippen LogP contribution in [0.25, 0.3) is 0 Å². The molecule has 12 heavy (non-hydrogen) atoms. The molecule has 0 rings (SSSR count). The average Bonchev–Trinajstić information content (AvgIpc) is 1.58. The van der Waals surface area contributed by atoms with E-state index in [1.807, 2.05) is 0 Å². The van der Waals surface area contributed by atoms with Gasteiger partial charge in [-0.25, -0.2) is 4.39 Å². The third-order valence-electron chi connectivity index (χ3n) is 0.729. The van der Waals surface area contributed by atoms with Crippen LogP contribution in [0, 0.1) is 0 Å². The van der Waals surface area contributed by atoms with Crippen molar-refractivity contribution >= 4 is 0 Å². The summed E-state index contributed by atoms with van der Waals surface area (Å²) >= 11 is 0. The number of rotatable bonds is 0. The molecule has 0 fully saturated rings. The summed E-state index contributed by atoms with van der Waals surface area (Å²) in [5.41, 5.74) is 0. The second-order valence-electron chi connectivity index (χ2n) is 1.59. The Morgan fingerprint density at radius 1 is 0.667 bits per heavy atom. The van der Waals surface area contributed by atoms with Crippen molar-refractivity contribution in [2.45, 2.75) is 18.2 Å². The topological polar surface area (TPSA) is 23.1 Å². The molecule has 0 aliphatic heterocycles. The molecule has 0 saturated carbocycles. The van der Waals surface area contributed by atoms with E-state index in [-0.39, 0.29) is 51.4 Å².